The average Bonchev–Trinajstić information content (AvgIpc) is 2.51. The Morgan fingerprint density at radius 3 is 2.93 bits per heavy atom. The van der Waals surface area contributed by atoms with Crippen LogP contribution in [0.15, 0.2) is 11.4 Å². The lowest BCUT2D eigenvalue weighted by Crippen LogP contribution is -2.29. The first kappa shape index (κ1) is 11.2. The Kier molecular flexibility index (Phi) is 4.10. The van der Waals surface area contributed by atoms with Gasteiger partial charge in [0.05, 0.1) is 0 Å². The predicted octanol–water partition coefficient (Wildman–Crippen LogP) is 1.79. The third kappa shape index (κ3) is 3.12. The molecule has 78 valence electrons. The van der Waals surface area contributed by atoms with Crippen molar-refractivity contribution in [3.8, 4) is 0 Å². The van der Waals surface area contributed by atoms with Crippen LogP contribution in [-0.4, -0.2) is 17.1 Å². The standard InChI is InChI=1S/C10H15NO2S/c1-7-5-6-14-9(7)4-2-3-8(11)10(12)13/h5-6,8H,2-4,11H2,1H3,(H,12,13). The van der Waals surface area contributed by atoms with Gasteiger partial charge in [-0.25, -0.2) is 0 Å². The van der Waals surface area contributed by atoms with Crippen LogP contribution < -0.4 is 5.73 Å². The lowest BCUT2D eigenvalue weighted by atomic mass is 10.1. The quantitative estimate of drug-likeness (QED) is 0.783. The van der Waals surface area contributed by atoms with Gasteiger partial charge in [0.15, 0.2) is 0 Å². The summed E-state index contributed by atoms with van der Waals surface area (Å²) in [6.45, 7) is 2.07. The maximum atomic E-state index is 10.4. The molecule has 0 aliphatic rings. The molecule has 1 atom stereocenters. The largest absolute Gasteiger partial charge is 0.480 e. The minimum Gasteiger partial charge on any atom is -0.480 e. The fraction of sp³-hybridized carbons (Fsp3) is 0.500. The second kappa shape index (κ2) is 5.12. The SMILES string of the molecule is Cc1ccsc1CCCC(N)C(=O)O. The normalized spacial score (nSPS) is 12.7. The number of aliphatic carboxylic acids is 1. The summed E-state index contributed by atoms with van der Waals surface area (Å²) in [5.41, 5.74) is 6.69. The highest BCUT2D eigenvalue weighted by molar-refractivity contribution is 7.10. The van der Waals surface area contributed by atoms with Gasteiger partial charge < -0.3 is 10.8 Å². The highest BCUT2D eigenvalue weighted by Gasteiger charge is 2.10. The number of nitrogens with two attached hydrogens (primary N) is 1. The molecular formula is C10H15NO2S. The molecule has 1 unspecified atom stereocenters. The first-order valence-electron chi connectivity index (χ1n) is 4.62. The highest BCUT2D eigenvalue weighted by atomic mass is 32.1. The number of thiophene rings is 1. The van der Waals surface area contributed by atoms with E-state index in [1.165, 1.54) is 10.4 Å². The van der Waals surface area contributed by atoms with Crippen LogP contribution in [-0.2, 0) is 11.2 Å². The second-order valence-electron chi connectivity index (χ2n) is 3.36. The molecule has 1 aromatic rings. The van der Waals surface area contributed by atoms with Crippen LogP contribution >= 0.6 is 11.3 Å². The van der Waals surface area contributed by atoms with E-state index in [0.717, 1.165) is 12.8 Å². The van der Waals surface area contributed by atoms with Crippen molar-refractivity contribution in [3.63, 3.8) is 0 Å². The molecule has 0 saturated carbocycles. The van der Waals surface area contributed by atoms with Crippen molar-refractivity contribution in [1.29, 1.82) is 0 Å². The number of aryl methyl sites for hydroxylation is 2. The molecule has 0 bridgehead atoms. The summed E-state index contributed by atoms with van der Waals surface area (Å²) in [7, 11) is 0. The molecule has 1 aromatic heterocycles. The topological polar surface area (TPSA) is 63.3 Å². The van der Waals surface area contributed by atoms with Gasteiger partial charge in [-0.1, -0.05) is 0 Å². The monoisotopic (exact) mass is 213 g/mol. The minimum atomic E-state index is -0.909. The maximum Gasteiger partial charge on any atom is 0.320 e. The molecule has 0 fully saturated rings. The number of hydrogen-bond donors (Lipinski definition) is 2. The van der Waals surface area contributed by atoms with Gasteiger partial charge in [-0.05, 0) is 43.2 Å². The number of rotatable bonds is 5. The summed E-state index contributed by atoms with van der Waals surface area (Å²) in [5, 5.41) is 10.6. The van der Waals surface area contributed by atoms with E-state index < -0.39 is 12.0 Å². The summed E-state index contributed by atoms with van der Waals surface area (Å²) < 4.78 is 0. The average molecular weight is 213 g/mol. The van der Waals surface area contributed by atoms with E-state index in [-0.39, 0.29) is 0 Å². The van der Waals surface area contributed by atoms with Crippen LogP contribution in [0.25, 0.3) is 0 Å². The Bertz CT molecular complexity index is 309. The van der Waals surface area contributed by atoms with E-state index in [1.54, 1.807) is 11.3 Å². The Morgan fingerprint density at radius 1 is 1.71 bits per heavy atom. The van der Waals surface area contributed by atoms with Gasteiger partial charge in [-0.3, -0.25) is 4.79 Å². The number of carboxylic acid groups (broad SMARTS) is 1. The summed E-state index contributed by atoms with van der Waals surface area (Å²) in [5.74, 6) is -0.909. The van der Waals surface area contributed by atoms with Crippen LogP contribution in [0.5, 0.6) is 0 Å². The molecule has 4 heteroatoms. The number of hydrogen-bond acceptors (Lipinski definition) is 3. The second-order valence-corrected chi connectivity index (χ2v) is 4.36. The Hall–Kier alpha value is -0.870. The molecule has 0 aliphatic carbocycles. The zero-order valence-electron chi connectivity index (χ0n) is 8.19. The van der Waals surface area contributed by atoms with Gasteiger partial charge in [-0.15, -0.1) is 11.3 Å². The van der Waals surface area contributed by atoms with E-state index >= 15 is 0 Å². The molecule has 0 aliphatic heterocycles. The Morgan fingerprint density at radius 2 is 2.43 bits per heavy atom. The molecule has 3 nitrogen and oxygen atoms in total. The molecule has 1 rings (SSSR count). The predicted molar refractivity (Wildman–Crippen MR) is 57.6 cm³/mol. The van der Waals surface area contributed by atoms with Gasteiger partial charge in [0.1, 0.15) is 6.04 Å². The van der Waals surface area contributed by atoms with E-state index in [9.17, 15) is 4.79 Å². The van der Waals surface area contributed by atoms with Crippen molar-refractivity contribution in [2.75, 3.05) is 0 Å². The fourth-order valence-electron chi connectivity index (χ4n) is 1.27. The van der Waals surface area contributed by atoms with Crippen molar-refractivity contribution in [1.82, 2.24) is 0 Å². The Balaban J connectivity index is 2.29. The van der Waals surface area contributed by atoms with Crippen LogP contribution in [0.2, 0.25) is 0 Å². The van der Waals surface area contributed by atoms with E-state index in [4.69, 9.17) is 10.8 Å². The van der Waals surface area contributed by atoms with Crippen molar-refractivity contribution in [2.24, 2.45) is 5.73 Å². The molecule has 0 radical (unpaired) electrons. The maximum absolute atomic E-state index is 10.4. The zero-order valence-corrected chi connectivity index (χ0v) is 9.01. The number of carbonyl (C=O) groups is 1. The molecule has 1 heterocycles. The molecule has 0 amide bonds. The van der Waals surface area contributed by atoms with Crippen molar-refractivity contribution in [2.45, 2.75) is 32.2 Å². The summed E-state index contributed by atoms with van der Waals surface area (Å²) in [6, 6.07) is 1.37. The molecule has 0 aromatic carbocycles. The fourth-order valence-corrected chi connectivity index (χ4v) is 2.22. The van der Waals surface area contributed by atoms with Gasteiger partial charge in [-0.2, -0.15) is 0 Å². The summed E-state index contributed by atoms with van der Waals surface area (Å²) >= 11 is 1.72. The Labute approximate surface area is 87.6 Å². The molecule has 0 spiro atoms. The lowest BCUT2D eigenvalue weighted by Gasteiger charge is -2.05. The lowest BCUT2D eigenvalue weighted by molar-refractivity contribution is -0.138. The van der Waals surface area contributed by atoms with Crippen molar-refractivity contribution in [3.05, 3.63) is 21.9 Å². The van der Waals surface area contributed by atoms with Crippen molar-refractivity contribution >= 4 is 17.3 Å². The van der Waals surface area contributed by atoms with Gasteiger partial charge in [0.2, 0.25) is 0 Å². The highest BCUT2D eigenvalue weighted by Crippen LogP contribution is 2.18. The van der Waals surface area contributed by atoms with Gasteiger partial charge in [0, 0.05) is 4.88 Å². The van der Waals surface area contributed by atoms with E-state index in [1.807, 2.05) is 0 Å². The number of carboxylic acids is 1. The summed E-state index contributed by atoms with van der Waals surface area (Å²) in [4.78, 5) is 11.8. The molecular weight excluding hydrogens is 198 g/mol. The van der Waals surface area contributed by atoms with E-state index in [0.29, 0.717) is 6.42 Å². The van der Waals surface area contributed by atoms with Crippen molar-refractivity contribution < 1.29 is 9.90 Å². The molecule has 3 N–H and O–H groups in total. The third-order valence-corrected chi connectivity index (χ3v) is 3.29. The zero-order chi connectivity index (χ0) is 10.6. The van der Waals surface area contributed by atoms with Crippen LogP contribution in [0.1, 0.15) is 23.3 Å². The van der Waals surface area contributed by atoms with Crippen LogP contribution in [0.4, 0.5) is 0 Å². The van der Waals surface area contributed by atoms with Crippen LogP contribution in [0.3, 0.4) is 0 Å². The molecule has 14 heavy (non-hydrogen) atoms. The smallest absolute Gasteiger partial charge is 0.320 e. The molecule has 0 saturated heterocycles. The third-order valence-electron chi connectivity index (χ3n) is 2.20. The minimum absolute atomic E-state index is 0.548. The first-order chi connectivity index (χ1) is 6.61. The van der Waals surface area contributed by atoms with E-state index in [2.05, 4.69) is 18.4 Å². The summed E-state index contributed by atoms with van der Waals surface area (Å²) in [6.07, 6.45) is 2.33. The van der Waals surface area contributed by atoms with Crippen LogP contribution in [0, 0.1) is 6.92 Å². The van der Waals surface area contributed by atoms with Gasteiger partial charge in [0.25, 0.3) is 0 Å². The van der Waals surface area contributed by atoms with Gasteiger partial charge >= 0.3 is 5.97 Å². The first-order valence-corrected chi connectivity index (χ1v) is 5.50.